The van der Waals surface area contributed by atoms with Gasteiger partial charge in [0.05, 0.1) is 28.8 Å². The third-order valence-electron chi connectivity index (χ3n) is 7.28. The summed E-state index contributed by atoms with van der Waals surface area (Å²) in [6.07, 6.45) is 1.90. The Hall–Kier alpha value is -2.90. The number of hydrogen-bond donors (Lipinski definition) is 4. The first-order valence-corrected chi connectivity index (χ1v) is 15.8. The van der Waals surface area contributed by atoms with Gasteiger partial charge in [-0.25, -0.2) is 4.98 Å². The molecule has 1 fully saturated rings. The number of carbonyl (C=O) groups excluding carboxylic acids is 3. The van der Waals surface area contributed by atoms with Gasteiger partial charge in [-0.1, -0.05) is 45.0 Å². The molecule has 12 heteroatoms. The summed E-state index contributed by atoms with van der Waals surface area (Å²) in [7, 11) is 0. The molecular weight excluding hydrogens is 570 g/mol. The average molecular weight is 618 g/mol. The maximum Gasteiger partial charge on any atom is 0.246 e. The van der Waals surface area contributed by atoms with E-state index >= 15 is 0 Å². The molecule has 43 heavy (non-hydrogen) atoms. The standard InChI is InChI=1S/C31H47N5O6S/c1-21-27(43-20-34-21)23-10-8-22(9-11-23)17-33-29(39)25-16-24(37)18-36(25)30(40)28(31(2,3)4)35-26(38)19-42-14-7-5-6-13-41-15-12-32/h8-11,20,24-25,28,37H,5-7,12-19,32H2,1-4H3,(H,33,39)(H,35,38). The Morgan fingerprint density at radius 2 is 1.81 bits per heavy atom. The number of nitrogens with two attached hydrogens (primary N) is 1. The summed E-state index contributed by atoms with van der Waals surface area (Å²) in [5, 5.41) is 16.1. The van der Waals surface area contributed by atoms with Crippen LogP contribution in [0.15, 0.2) is 29.8 Å². The Bertz CT molecular complexity index is 1180. The Kier molecular flexibility index (Phi) is 13.5. The van der Waals surface area contributed by atoms with Gasteiger partial charge >= 0.3 is 0 Å². The number of ether oxygens (including phenoxy) is 2. The number of carbonyl (C=O) groups is 3. The Labute approximate surface area is 258 Å². The molecule has 1 aliphatic heterocycles. The number of likely N-dealkylation sites (tertiary alicyclic amines) is 1. The van der Waals surface area contributed by atoms with Crippen molar-refractivity contribution in [1.82, 2.24) is 20.5 Å². The molecule has 0 saturated carbocycles. The van der Waals surface area contributed by atoms with E-state index in [2.05, 4.69) is 15.6 Å². The third kappa shape index (κ3) is 10.6. The van der Waals surface area contributed by atoms with Crippen LogP contribution in [0.3, 0.4) is 0 Å². The van der Waals surface area contributed by atoms with Crippen LogP contribution in [-0.2, 0) is 30.4 Å². The van der Waals surface area contributed by atoms with Crippen LogP contribution < -0.4 is 16.4 Å². The van der Waals surface area contributed by atoms with E-state index in [1.165, 1.54) is 4.90 Å². The molecule has 3 amide bonds. The minimum absolute atomic E-state index is 0.0216. The monoisotopic (exact) mass is 617 g/mol. The number of hydrogen-bond acceptors (Lipinski definition) is 9. The van der Waals surface area contributed by atoms with Gasteiger partial charge in [0.15, 0.2) is 0 Å². The first kappa shape index (κ1) is 34.6. The molecule has 1 saturated heterocycles. The largest absolute Gasteiger partial charge is 0.391 e. The summed E-state index contributed by atoms with van der Waals surface area (Å²) in [4.78, 5) is 46.5. The fourth-order valence-electron chi connectivity index (χ4n) is 4.92. The van der Waals surface area contributed by atoms with Gasteiger partial charge in [0, 0.05) is 39.3 Å². The second-order valence-corrected chi connectivity index (χ2v) is 12.8. The molecular formula is C31H47N5O6S. The van der Waals surface area contributed by atoms with Crippen LogP contribution in [0.4, 0.5) is 0 Å². The Morgan fingerprint density at radius 1 is 1.12 bits per heavy atom. The number of unbranched alkanes of at least 4 members (excludes halogenated alkanes) is 2. The zero-order valence-corrected chi connectivity index (χ0v) is 26.6. The van der Waals surface area contributed by atoms with Crippen molar-refractivity contribution in [3.05, 3.63) is 41.0 Å². The molecule has 2 aromatic rings. The van der Waals surface area contributed by atoms with Crippen molar-refractivity contribution < 1.29 is 29.0 Å². The van der Waals surface area contributed by atoms with E-state index in [1.807, 2.05) is 57.5 Å². The van der Waals surface area contributed by atoms with E-state index in [0.29, 0.717) is 26.4 Å². The van der Waals surface area contributed by atoms with Gasteiger partial charge in [0.2, 0.25) is 17.7 Å². The molecule has 0 spiro atoms. The van der Waals surface area contributed by atoms with Gasteiger partial charge in [-0.3, -0.25) is 14.4 Å². The second kappa shape index (κ2) is 16.8. The fourth-order valence-corrected chi connectivity index (χ4v) is 5.73. The summed E-state index contributed by atoms with van der Waals surface area (Å²) in [5.41, 5.74) is 9.53. The van der Waals surface area contributed by atoms with Crippen molar-refractivity contribution in [2.24, 2.45) is 11.1 Å². The fraction of sp³-hybridized carbons (Fsp3) is 0.613. The van der Waals surface area contributed by atoms with Crippen molar-refractivity contribution in [2.45, 2.75) is 78.1 Å². The number of aryl methyl sites for hydroxylation is 1. The number of aromatic nitrogens is 1. The molecule has 2 heterocycles. The molecule has 3 atom stereocenters. The van der Waals surface area contributed by atoms with Crippen LogP contribution in [-0.4, -0.2) is 90.4 Å². The molecule has 0 aliphatic carbocycles. The molecule has 11 nitrogen and oxygen atoms in total. The van der Waals surface area contributed by atoms with Crippen molar-refractivity contribution in [2.75, 3.05) is 39.5 Å². The number of thiazole rings is 1. The predicted octanol–water partition coefficient (Wildman–Crippen LogP) is 2.39. The summed E-state index contributed by atoms with van der Waals surface area (Å²) >= 11 is 1.58. The smallest absolute Gasteiger partial charge is 0.246 e. The third-order valence-corrected chi connectivity index (χ3v) is 8.26. The van der Waals surface area contributed by atoms with E-state index in [1.54, 1.807) is 11.3 Å². The summed E-state index contributed by atoms with van der Waals surface area (Å²) in [6.45, 7) is 9.79. The van der Waals surface area contributed by atoms with Gasteiger partial charge in [-0.05, 0) is 42.7 Å². The lowest BCUT2D eigenvalue weighted by atomic mass is 9.85. The van der Waals surface area contributed by atoms with Crippen LogP contribution in [0, 0.1) is 12.3 Å². The van der Waals surface area contributed by atoms with Crippen LogP contribution >= 0.6 is 11.3 Å². The van der Waals surface area contributed by atoms with Crippen LogP contribution in [0.5, 0.6) is 0 Å². The number of amides is 3. The molecule has 0 bridgehead atoms. The summed E-state index contributed by atoms with van der Waals surface area (Å²) < 4.78 is 10.9. The van der Waals surface area contributed by atoms with E-state index in [-0.39, 0.29) is 32.0 Å². The lowest BCUT2D eigenvalue weighted by Crippen LogP contribution is -2.58. The normalized spacial score (nSPS) is 17.6. The molecule has 238 valence electrons. The van der Waals surface area contributed by atoms with E-state index in [4.69, 9.17) is 15.2 Å². The first-order chi connectivity index (χ1) is 20.5. The molecule has 5 N–H and O–H groups in total. The van der Waals surface area contributed by atoms with Crippen LogP contribution in [0.1, 0.15) is 57.7 Å². The minimum atomic E-state index is -0.897. The highest BCUT2D eigenvalue weighted by Crippen LogP contribution is 2.28. The minimum Gasteiger partial charge on any atom is -0.391 e. The van der Waals surface area contributed by atoms with E-state index < -0.39 is 35.4 Å². The van der Waals surface area contributed by atoms with Crippen LogP contribution in [0.25, 0.3) is 10.4 Å². The number of nitrogens with one attached hydrogen (secondary N) is 2. The molecule has 1 aromatic carbocycles. The highest BCUT2D eigenvalue weighted by atomic mass is 32.1. The van der Waals surface area contributed by atoms with Crippen molar-refractivity contribution in [3.8, 4) is 10.4 Å². The molecule has 3 unspecified atom stereocenters. The zero-order chi connectivity index (χ0) is 31.4. The number of benzene rings is 1. The zero-order valence-electron chi connectivity index (χ0n) is 25.8. The summed E-state index contributed by atoms with van der Waals surface area (Å²) in [5.74, 6) is -1.15. The highest BCUT2D eigenvalue weighted by molar-refractivity contribution is 7.13. The number of nitrogens with zero attached hydrogens (tertiary/aromatic N) is 2. The summed E-state index contributed by atoms with van der Waals surface area (Å²) in [6, 6.07) is 6.16. The lowest BCUT2D eigenvalue weighted by molar-refractivity contribution is -0.144. The number of aliphatic hydroxyl groups excluding tert-OH is 1. The molecule has 1 aromatic heterocycles. The number of β-amino-alcohol motifs (C(OH)–C–C–N with tert-alkyl or cyclic N) is 1. The van der Waals surface area contributed by atoms with Crippen molar-refractivity contribution >= 4 is 29.1 Å². The van der Waals surface area contributed by atoms with E-state index in [0.717, 1.165) is 41.0 Å². The number of rotatable bonds is 16. The van der Waals surface area contributed by atoms with Crippen molar-refractivity contribution in [1.29, 1.82) is 0 Å². The van der Waals surface area contributed by atoms with Crippen molar-refractivity contribution in [3.63, 3.8) is 0 Å². The average Bonchev–Trinajstić information content (AvgIpc) is 3.58. The van der Waals surface area contributed by atoms with Gasteiger partial charge < -0.3 is 35.8 Å². The van der Waals surface area contributed by atoms with Crippen LogP contribution in [0.2, 0.25) is 0 Å². The molecule has 3 rings (SSSR count). The van der Waals surface area contributed by atoms with Gasteiger partial charge in [-0.2, -0.15) is 0 Å². The SMILES string of the molecule is Cc1ncsc1-c1ccc(CNC(=O)C2CC(O)CN2C(=O)C(NC(=O)COCCCCCOCCN)C(C)(C)C)cc1. The second-order valence-electron chi connectivity index (χ2n) is 12.0. The van der Waals surface area contributed by atoms with Gasteiger partial charge in [-0.15, -0.1) is 11.3 Å². The first-order valence-electron chi connectivity index (χ1n) is 14.9. The molecule has 1 aliphatic rings. The lowest BCUT2D eigenvalue weighted by Gasteiger charge is -2.35. The Morgan fingerprint density at radius 3 is 2.44 bits per heavy atom. The number of aliphatic hydroxyl groups is 1. The van der Waals surface area contributed by atoms with Gasteiger partial charge in [0.25, 0.3) is 0 Å². The molecule has 0 radical (unpaired) electrons. The topological polar surface area (TPSA) is 156 Å². The van der Waals surface area contributed by atoms with E-state index in [9.17, 15) is 19.5 Å². The maximum atomic E-state index is 13.7. The van der Waals surface area contributed by atoms with Gasteiger partial charge in [0.1, 0.15) is 18.7 Å². The predicted molar refractivity (Wildman–Crippen MR) is 166 cm³/mol. The highest BCUT2D eigenvalue weighted by Gasteiger charge is 2.44. The quantitative estimate of drug-likeness (QED) is 0.209. The maximum absolute atomic E-state index is 13.7. The Balaban J connectivity index is 1.52.